The summed E-state index contributed by atoms with van der Waals surface area (Å²) in [6.45, 7) is 11.2. The van der Waals surface area contributed by atoms with Crippen molar-refractivity contribution in [3.63, 3.8) is 0 Å². The number of carbonyl (C=O) groups is 1. The summed E-state index contributed by atoms with van der Waals surface area (Å²) in [5.74, 6) is 0.596. The first-order valence-corrected chi connectivity index (χ1v) is 8.76. The van der Waals surface area contributed by atoms with E-state index >= 15 is 0 Å². The third kappa shape index (κ3) is 4.33. The van der Waals surface area contributed by atoms with Crippen LogP contribution in [0.2, 0.25) is 0 Å². The number of likely N-dealkylation sites (N-methyl/N-ethyl adjacent to an activating group) is 1. The van der Waals surface area contributed by atoms with Crippen molar-refractivity contribution < 1.29 is 4.79 Å². The Morgan fingerprint density at radius 3 is 2.28 bits per heavy atom. The van der Waals surface area contributed by atoms with E-state index in [1.165, 1.54) is 0 Å². The number of hydrogen-bond donors (Lipinski definition) is 1. The number of amides is 1. The van der Waals surface area contributed by atoms with Gasteiger partial charge in [0.25, 0.3) is 5.91 Å². The molecule has 1 amide bonds. The molecule has 2 aromatic rings. The molecule has 0 saturated carbocycles. The number of carbonyl (C=O) groups excluding carboxylic acids is 1. The van der Waals surface area contributed by atoms with Crippen molar-refractivity contribution in [2.45, 2.75) is 20.8 Å². The van der Waals surface area contributed by atoms with Crippen LogP contribution in [0.5, 0.6) is 0 Å². The third-order valence-electron chi connectivity index (χ3n) is 4.51. The first-order chi connectivity index (χ1) is 12.0. The van der Waals surface area contributed by atoms with Crippen LogP contribution in [0.3, 0.4) is 0 Å². The van der Waals surface area contributed by atoms with Crippen molar-refractivity contribution in [2.24, 2.45) is 0 Å². The number of nitrogens with zero attached hydrogens (tertiary/aromatic N) is 4. The summed E-state index contributed by atoms with van der Waals surface area (Å²) >= 11 is 0. The first-order valence-electron chi connectivity index (χ1n) is 8.76. The van der Waals surface area contributed by atoms with Crippen LogP contribution in [0.25, 0.3) is 0 Å². The number of aromatic nitrogens is 2. The molecule has 0 spiro atoms. The molecule has 1 aromatic carbocycles. The van der Waals surface area contributed by atoms with Crippen molar-refractivity contribution >= 4 is 17.4 Å². The van der Waals surface area contributed by atoms with Crippen LogP contribution in [-0.2, 0) is 0 Å². The van der Waals surface area contributed by atoms with Crippen LogP contribution < -0.4 is 10.2 Å². The fraction of sp³-hybridized carbons (Fsp3) is 0.421. The highest BCUT2D eigenvalue weighted by atomic mass is 16.1. The van der Waals surface area contributed by atoms with Gasteiger partial charge in [0.1, 0.15) is 0 Å². The zero-order valence-corrected chi connectivity index (χ0v) is 15.1. The average Bonchev–Trinajstić information content (AvgIpc) is 2.61. The molecule has 1 aliphatic heterocycles. The third-order valence-corrected chi connectivity index (χ3v) is 4.51. The fourth-order valence-electron chi connectivity index (χ4n) is 3.15. The van der Waals surface area contributed by atoms with Crippen LogP contribution in [0.4, 0.5) is 11.5 Å². The van der Waals surface area contributed by atoms with E-state index in [0.717, 1.165) is 55.4 Å². The second-order valence-corrected chi connectivity index (χ2v) is 6.53. The summed E-state index contributed by atoms with van der Waals surface area (Å²) in [4.78, 5) is 17.0. The zero-order valence-electron chi connectivity index (χ0n) is 15.1. The Hall–Kier alpha value is -2.47. The van der Waals surface area contributed by atoms with E-state index in [0.29, 0.717) is 5.69 Å². The highest BCUT2D eigenvalue weighted by molar-refractivity contribution is 6.02. The molecule has 132 valence electrons. The molecule has 0 unspecified atom stereocenters. The molecule has 1 fully saturated rings. The predicted molar refractivity (Wildman–Crippen MR) is 100 cm³/mol. The molecule has 1 aliphatic rings. The number of aryl methyl sites for hydroxylation is 2. The Kier molecular flexibility index (Phi) is 5.28. The number of nitrogens with one attached hydrogen (secondary N) is 1. The second kappa shape index (κ2) is 7.61. The molecule has 6 nitrogen and oxygen atoms in total. The number of benzene rings is 1. The highest BCUT2D eigenvalue weighted by Gasteiger charge is 2.18. The van der Waals surface area contributed by atoms with E-state index in [1.807, 2.05) is 32.0 Å². The minimum Gasteiger partial charge on any atom is -0.353 e. The van der Waals surface area contributed by atoms with Crippen LogP contribution in [0.15, 0.2) is 30.3 Å². The summed E-state index contributed by atoms with van der Waals surface area (Å²) < 4.78 is 0. The molecule has 0 aliphatic carbocycles. The molecule has 2 heterocycles. The first kappa shape index (κ1) is 17.4. The van der Waals surface area contributed by atoms with Crippen molar-refractivity contribution in [3.8, 4) is 0 Å². The minimum atomic E-state index is -0.236. The van der Waals surface area contributed by atoms with Crippen LogP contribution >= 0.6 is 0 Å². The quantitative estimate of drug-likeness (QED) is 0.927. The monoisotopic (exact) mass is 339 g/mol. The van der Waals surface area contributed by atoms with Gasteiger partial charge in [-0.05, 0) is 55.8 Å². The van der Waals surface area contributed by atoms with Gasteiger partial charge in [-0.1, -0.05) is 13.0 Å². The Labute approximate surface area is 148 Å². The molecule has 1 saturated heterocycles. The zero-order chi connectivity index (χ0) is 17.8. The lowest BCUT2D eigenvalue weighted by molar-refractivity contribution is 0.102. The smallest absolute Gasteiger partial charge is 0.276 e. The molecule has 25 heavy (non-hydrogen) atoms. The van der Waals surface area contributed by atoms with E-state index in [4.69, 9.17) is 0 Å². The molecule has 0 radical (unpaired) electrons. The molecular formula is C19H25N5O. The molecular weight excluding hydrogens is 314 g/mol. The summed E-state index contributed by atoms with van der Waals surface area (Å²) in [5, 5.41) is 11.3. The summed E-state index contributed by atoms with van der Waals surface area (Å²) in [5.41, 5.74) is 3.34. The molecule has 0 bridgehead atoms. The number of hydrogen-bond acceptors (Lipinski definition) is 5. The lowest BCUT2D eigenvalue weighted by Gasteiger charge is -2.34. The number of anilines is 2. The average molecular weight is 339 g/mol. The van der Waals surface area contributed by atoms with Gasteiger partial charge in [0, 0.05) is 31.9 Å². The lowest BCUT2D eigenvalue weighted by atomic mass is 10.1. The highest BCUT2D eigenvalue weighted by Crippen LogP contribution is 2.16. The molecule has 6 heteroatoms. The van der Waals surface area contributed by atoms with Gasteiger partial charge < -0.3 is 15.1 Å². The van der Waals surface area contributed by atoms with E-state index in [2.05, 4.69) is 38.3 Å². The minimum absolute atomic E-state index is 0.236. The van der Waals surface area contributed by atoms with Crippen molar-refractivity contribution in [1.29, 1.82) is 0 Å². The second-order valence-electron chi connectivity index (χ2n) is 6.53. The van der Waals surface area contributed by atoms with Gasteiger partial charge in [0.15, 0.2) is 11.5 Å². The largest absolute Gasteiger partial charge is 0.353 e. The molecule has 0 atom stereocenters. The molecule has 3 rings (SSSR count). The Bertz CT molecular complexity index is 716. The van der Waals surface area contributed by atoms with Gasteiger partial charge in [-0.15, -0.1) is 10.2 Å². The predicted octanol–water partition coefficient (Wildman–Crippen LogP) is 2.49. The van der Waals surface area contributed by atoms with Crippen molar-refractivity contribution in [1.82, 2.24) is 15.1 Å². The molecule has 1 aromatic heterocycles. The lowest BCUT2D eigenvalue weighted by Crippen LogP contribution is -2.46. The van der Waals surface area contributed by atoms with E-state index < -0.39 is 0 Å². The van der Waals surface area contributed by atoms with E-state index in [9.17, 15) is 4.79 Å². The number of piperazine rings is 1. The van der Waals surface area contributed by atoms with Gasteiger partial charge in [-0.3, -0.25) is 4.79 Å². The maximum Gasteiger partial charge on any atom is 0.276 e. The van der Waals surface area contributed by atoms with Crippen LogP contribution in [0, 0.1) is 13.8 Å². The Morgan fingerprint density at radius 1 is 1.04 bits per heavy atom. The standard InChI is InChI=1S/C19H25N5O/c1-4-23-7-9-24(10-8-23)18-6-5-17(21-22-18)19(25)20-16-12-14(2)11-15(3)13-16/h5-6,11-13H,4,7-10H2,1-3H3,(H,20,25). The van der Waals surface area contributed by atoms with Gasteiger partial charge in [0.05, 0.1) is 0 Å². The normalized spacial score (nSPS) is 15.2. The summed E-state index contributed by atoms with van der Waals surface area (Å²) in [6.07, 6.45) is 0. The van der Waals surface area contributed by atoms with Gasteiger partial charge in [0.2, 0.25) is 0 Å². The maximum absolute atomic E-state index is 12.4. The Balaban J connectivity index is 1.64. The van der Waals surface area contributed by atoms with Crippen LogP contribution in [-0.4, -0.2) is 53.7 Å². The van der Waals surface area contributed by atoms with Gasteiger partial charge in [-0.2, -0.15) is 0 Å². The topological polar surface area (TPSA) is 61.4 Å². The van der Waals surface area contributed by atoms with Crippen LogP contribution in [0.1, 0.15) is 28.5 Å². The van der Waals surface area contributed by atoms with E-state index in [1.54, 1.807) is 6.07 Å². The Morgan fingerprint density at radius 2 is 1.72 bits per heavy atom. The van der Waals surface area contributed by atoms with E-state index in [-0.39, 0.29) is 5.91 Å². The molecule has 1 N–H and O–H groups in total. The van der Waals surface area contributed by atoms with Gasteiger partial charge >= 0.3 is 0 Å². The number of rotatable bonds is 4. The van der Waals surface area contributed by atoms with Crippen molar-refractivity contribution in [3.05, 3.63) is 47.2 Å². The fourth-order valence-corrected chi connectivity index (χ4v) is 3.15. The van der Waals surface area contributed by atoms with Crippen molar-refractivity contribution in [2.75, 3.05) is 42.9 Å². The SMILES string of the molecule is CCN1CCN(c2ccc(C(=O)Nc3cc(C)cc(C)c3)nn2)CC1. The maximum atomic E-state index is 12.4. The van der Waals surface area contributed by atoms with Gasteiger partial charge in [-0.25, -0.2) is 0 Å². The summed E-state index contributed by atoms with van der Waals surface area (Å²) in [7, 11) is 0. The summed E-state index contributed by atoms with van der Waals surface area (Å²) in [6, 6.07) is 9.58.